The second-order valence-electron chi connectivity index (χ2n) is 5.17. The van der Waals surface area contributed by atoms with E-state index >= 15 is 0 Å². The molecule has 1 aromatic rings. The Bertz CT molecular complexity index is 411. The Balaban J connectivity index is 2.08. The Hall–Kier alpha value is -0.800. The highest BCUT2D eigenvalue weighted by atomic mass is 35.5. The summed E-state index contributed by atoms with van der Waals surface area (Å²) in [4.78, 5) is 4.47. The van der Waals surface area contributed by atoms with Crippen LogP contribution in [-0.4, -0.2) is 38.6 Å². The van der Waals surface area contributed by atoms with E-state index < -0.39 is 0 Å². The van der Waals surface area contributed by atoms with Crippen molar-refractivity contribution in [3.63, 3.8) is 0 Å². The van der Waals surface area contributed by atoms with E-state index in [2.05, 4.69) is 16.8 Å². The summed E-state index contributed by atoms with van der Waals surface area (Å²) >= 11 is 5.85. The molecule has 0 amide bonds. The van der Waals surface area contributed by atoms with Crippen LogP contribution in [-0.2, 0) is 5.88 Å². The van der Waals surface area contributed by atoms with Crippen molar-refractivity contribution in [3.8, 4) is 0 Å². The van der Waals surface area contributed by atoms with Gasteiger partial charge in [0.15, 0.2) is 0 Å². The van der Waals surface area contributed by atoms with Gasteiger partial charge >= 0.3 is 0 Å². The molecule has 1 aliphatic heterocycles. The molecule has 0 aliphatic carbocycles. The lowest BCUT2D eigenvalue weighted by Crippen LogP contribution is -2.28. The minimum Gasteiger partial charge on any atom is -0.374 e. The average molecular weight is 271 g/mol. The van der Waals surface area contributed by atoms with E-state index in [1.165, 1.54) is 12.5 Å². The molecule has 1 fully saturated rings. The van der Waals surface area contributed by atoms with Crippen LogP contribution >= 0.6 is 11.6 Å². The fourth-order valence-corrected chi connectivity index (χ4v) is 2.96. The van der Waals surface area contributed by atoms with Crippen molar-refractivity contribution >= 4 is 17.3 Å². The van der Waals surface area contributed by atoms with Crippen molar-refractivity contribution in [2.24, 2.45) is 5.92 Å². The number of halogens is 2. The van der Waals surface area contributed by atoms with Gasteiger partial charge in [-0.15, -0.1) is 11.6 Å². The van der Waals surface area contributed by atoms with E-state index in [-0.39, 0.29) is 11.7 Å². The van der Waals surface area contributed by atoms with Gasteiger partial charge in [-0.2, -0.15) is 0 Å². The smallest absolute Gasteiger partial charge is 0.129 e. The first kappa shape index (κ1) is 13.6. The molecule has 1 heterocycles. The number of benzene rings is 1. The van der Waals surface area contributed by atoms with E-state index in [0.29, 0.717) is 11.5 Å². The maximum absolute atomic E-state index is 13.7. The molecule has 1 aliphatic rings. The van der Waals surface area contributed by atoms with Crippen molar-refractivity contribution in [1.29, 1.82) is 0 Å². The van der Waals surface area contributed by atoms with Crippen LogP contribution in [0.2, 0.25) is 0 Å². The predicted molar refractivity (Wildman–Crippen MR) is 74.8 cm³/mol. The van der Waals surface area contributed by atoms with Crippen LogP contribution in [0.5, 0.6) is 0 Å². The van der Waals surface area contributed by atoms with Gasteiger partial charge in [0.2, 0.25) is 0 Å². The van der Waals surface area contributed by atoms with Gasteiger partial charge in [0.25, 0.3) is 0 Å². The summed E-state index contributed by atoms with van der Waals surface area (Å²) in [5, 5.41) is 0. The molecule has 0 bridgehead atoms. The quantitative estimate of drug-likeness (QED) is 0.776. The number of anilines is 1. The molecule has 1 atom stereocenters. The number of hydrogen-bond acceptors (Lipinski definition) is 2. The van der Waals surface area contributed by atoms with Gasteiger partial charge in [0, 0.05) is 31.4 Å². The number of hydrogen-bond donors (Lipinski definition) is 0. The molecule has 2 rings (SSSR count). The maximum atomic E-state index is 13.7. The van der Waals surface area contributed by atoms with E-state index in [0.717, 1.165) is 25.3 Å². The molecular formula is C14H20ClFN2. The number of nitrogens with zero attached hydrogens (tertiary/aromatic N) is 2. The first-order chi connectivity index (χ1) is 8.61. The van der Waals surface area contributed by atoms with Crippen molar-refractivity contribution < 1.29 is 4.39 Å². The van der Waals surface area contributed by atoms with Gasteiger partial charge in [-0.1, -0.05) is 6.07 Å². The first-order valence-corrected chi connectivity index (χ1v) is 6.88. The molecule has 0 N–H and O–H groups in total. The van der Waals surface area contributed by atoms with Crippen molar-refractivity contribution in [3.05, 3.63) is 29.6 Å². The molecular weight excluding hydrogens is 251 g/mol. The fraction of sp³-hybridized carbons (Fsp3) is 0.571. The molecule has 1 unspecified atom stereocenters. The summed E-state index contributed by atoms with van der Waals surface area (Å²) in [5.41, 5.74) is 1.52. The van der Waals surface area contributed by atoms with E-state index in [4.69, 9.17) is 11.6 Å². The highest BCUT2D eigenvalue weighted by Crippen LogP contribution is 2.26. The average Bonchev–Trinajstić information content (AvgIpc) is 2.74. The standard InChI is InChI=1S/C14H20ClFN2/c1-17-7-6-11(9-17)10-18(2)14-5-3-4-13(16)12(14)8-15/h3-5,11H,6-10H2,1-2H3. The summed E-state index contributed by atoms with van der Waals surface area (Å²) in [7, 11) is 4.16. The van der Waals surface area contributed by atoms with E-state index in [1.807, 2.05) is 13.1 Å². The molecule has 0 aromatic heterocycles. The normalized spacial score (nSPS) is 20.3. The van der Waals surface area contributed by atoms with Crippen LogP contribution in [0.25, 0.3) is 0 Å². The summed E-state index contributed by atoms with van der Waals surface area (Å²) in [6, 6.07) is 5.16. The van der Waals surface area contributed by atoms with Gasteiger partial charge in [0.05, 0.1) is 5.88 Å². The lowest BCUT2D eigenvalue weighted by Gasteiger charge is -2.25. The summed E-state index contributed by atoms with van der Waals surface area (Å²) in [5.74, 6) is 0.668. The van der Waals surface area contributed by atoms with Crippen LogP contribution in [0.4, 0.5) is 10.1 Å². The minimum absolute atomic E-state index is 0.210. The Kier molecular flexibility index (Phi) is 4.46. The van der Waals surface area contributed by atoms with Gasteiger partial charge in [-0.25, -0.2) is 4.39 Å². The van der Waals surface area contributed by atoms with Gasteiger partial charge < -0.3 is 9.80 Å². The number of rotatable bonds is 4. The van der Waals surface area contributed by atoms with Crippen LogP contribution in [0.3, 0.4) is 0 Å². The molecule has 18 heavy (non-hydrogen) atoms. The lowest BCUT2D eigenvalue weighted by molar-refractivity contribution is 0.396. The largest absolute Gasteiger partial charge is 0.374 e. The highest BCUT2D eigenvalue weighted by Gasteiger charge is 2.22. The zero-order valence-electron chi connectivity index (χ0n) is 11.0. The molecule has 0 radical (unpaired) electrons. The number of alkyl halides is 1. The summed E-state index contributed by atoms with van der Waals surface area (Å²) < 4.78 is 13.7. The Morgan fingerprint density at radius 1 is 1.50 bits per heavy atom. The van der Waals surface area contributed by atoms with Crippen molar-refractivity contribution in [1.82, 2.24) is 4.90 Å². The van der Waals surface area contributed by atoms with Crippen LogP contribution < -0.4 is 4.90 Å². The molecule has 1 saturated heterocycles. The lowest BCUT2D eigenvalue weighted by atomic mass is 10.1. The Morgan fingerprint density at radius 3 is 2.89 bits per heavy atom. The molecule has 4 heteroatoms. The summed E-state index contributed by atoms with van der Waals surface area (Å²) in [6.45, 7) is 3.23. The fourth-order valence-electron chi connectivity index (χ4n) is 2.70. The van der Waals surface area contributed by atoms with Gasteiger partial charge in [0.1, 0.15) is 5.82 Å². The minimum atomic E-state index is -0.210. The molecule has 0 saturated carbocycles. The van der Waals surface area contributed by atoms with Crippen molar-refractivity contribution in [2.75, 3.05) is 38.6 Å². The van der Waals surface area contributed by atoms with Gasteiger partial charge in [-0.3, -0.25) is 0 Å². The molecule has 2 nitrogen and oxygen atoms in total. The first-order valence-electron chi connectivity index (χ1n) is 6.35. The third-order valence-electron chi connectivity index (χ3n) is 3.66. The second-order valence-corrected chi connectivity index (χ2v) is 5.44. The van der Waals surface area contributed by atoms with Crippen LogP contribution in [0.15, 0.2) is 18.2 Å². The van der Waals surface area contributed by atoms with E-state index in [1.54, 1.807) is 6.07 Å². The van der Waals surface area contributed by atoms with Crippen LogP contribution in [0.1, 0.15) is 12.0 Å². The second kappa shape index (κ2) is 5.89. The monoisotopic (exact) mass is 270 g/mol. The topological polar surface area (TPSA) is 6.48 Å². The predicted octanol–water partition coefficient (Wildman–Crippen LogP) is 2.95. The molecule has 1 aromatic carbocycles. The zero-order chi connectivity index (χ0) is 13.1. The Morgan fingerprint density at radius 2 is 2.28 bits per heavy atom. The molecule has 0 spiro atoms. The maximum Gasteiger partial charge on any atom is 0.129 e. The van der Waals surface area contributed by atoms with E-state index in [9.17, 15) is 4.39 Å². The Labute approximate surface area is 113 Å². The van der Waals surface area contributed by atoms with Gasteiger partial charge in [-0.05, 0) is 38.1 Å². The SMILES string of the molecule is CN1CCC(CN(C)c2cccc(F)c2CCl)C1. The molecule has 100 valence electrons. The third kappa shape index (κ3) is 2.96. The zero-order valence-corrected chi connectivity index (χ0v) is 11.8. The van der Waals surface area contributed by atoms with Crippen molar-refractivity contribution in [2.45, 2.75) is 12.3 Å². The number of likely N-dealkylation sites (tertiary alicyclic amines) is 1. The highest BCUT2D eigenvalue weighted by molar-refractivity contribution is 6.17. The summed E-state index contributed by atoms with van der Waals surface area (Å²) in [6.07, 6.45) is 1.21. The van der Waals surface area contributed by atoms with Crippen LogP contribution in [0, 0.1) is 11.7 Å². The third-order valence-corrected chi connectivity index (χ3v) is 3.93.